The smallest absolute Gasteiger partial charge is 0.188 e. The van der Waals surface area contributed by atoms with Crippen LogP contribution in [-0.4, -0.2) is 23.5 Å². The van der Waals surface area contributed by atoms with Crippen LogP contribution in [0.2, 0.25) is 0 Å². The Morgan fingerprint density at radius 3 is 2.67 bits per heavy atom. The first-order valence-electron chi connectivity index (χ1n) is 6.97. The second kappa shape index (κ2) is 6.41. The molecule has 4 nitrogen and oxygen atoms in total. The number of aromatic nitrogens is 2. The summed E-state index contributed by atoms with van der Waals surface area (Å²) in [5.74, 6) is 0.827. The minimum Gasteiger partial charge on any atom is -0.468 e. The quantitative estimate of drug-likeness (QED) is 0.651. The fourth-order valence-electron chi connectivity index (χ4n) is 2.32. The standard InChI is InChI=1S/C17H18N2O2/c1-20-13-21-15-8-6-14(7-9-15)10-11-19-12-18-16-4-2-3-5-17(16)19/h2-9,12H,10-11,13H2,1H3. The molecule has 2 aromatic carbocycles. The van der Waals surface area contributed by atoms with Gasteiger partial charge in [-0.25, -0.2) is 4.98 Å². The van der Waals surface area contributed by atoms with Gasteiger partial charge in [0.2, 0.25) is 0 Å². The van der Waals surface area contributed by atoms with E-state index in [4.69, 9.17) is 9.47 Å². The van der Waals surface area contributed by atoms with Crippen molar-refractivity contribution in [2.24, 2.45) is 0 Å². The number of imidazole rings is 1. The van der Waals surface area contributed by atoms with Gasteiger partial charge in [-0.3, -0.25) is 0 Å². The van der Waals surface area contributed by atoms with E-state index in [-0.39, 0.29) is 6.79 Å². The Labute approximate surface area is 123 Å². The molecule has 108 valence electrons. The van der Waals surface area contributed by atoms with Crippen LogP contribution in [0.3, 0.4) is 0 Å². The van der Waals surface area contributed by atoms with Crippen molar-refractivity contribution in [3.63, 3.8) is 0 Å². The molecule has 0 saturated carbocycles. The largest absolute Gasteiger partial charge is 0.468 e. The summed E-state index contributed by atoms with van der Waals surface area (Å²) in [4.78, 5) is 4.41. The first-order chi connectivity index (χ1) is 10.4. The fraction of sp³-hybridized carbons (Fsp3) is 0.235. The van der Waals surface area contributed by atoms with Crippen LogP contribution < -0.4 is 4.74 Å². The summed E-state index contributed by atoms with van der Waals surface area (Å²) in [6.07, 6.45) is 2.87. The molecule has 3 rings (SSSR count). The Morgan fingerprint density at radius 1 is 1.05 bits per heavy atom. The molecule has 0 spiro atoms. The van der Waals surface area contributed by atoms with Crippen LogP contribution >= 0.6 is 0 Å². The lowest BCUT2D eigenvalue weighted by atomic mass is 10.1. The Morgan fingerprint density at radius 2 is 1.86 bits per heavy atom. The van der Waals surface area contributed by atoms with Crippen LogP contribution in [0.25, 0.3) is 11.0 Å². The van der Waals surface area contributed by atoms with E-state index in [2.05, 4.69) is 27.8 Å². The highest BCUT2D eigenvalue weighted by molar-refractivity contribution is 5.74. The van der Waals surface area contributed by atoms with Gasteiger partial charge in [-0.15, -0.1) is 0 Å². The molecular formula is C17H18N2O2. The summed E-state index contributed by atoms with van der Waals surface area (Å²) in [5, 5.41) is 0. The van der Waals surface area contributed by atoms with E-state index in [9.17, 15) is 0 Å². The van der Waals surface area contributed by atoms with E-state index in [1.807, 2.05) is 36.7 Å². The maximum atomic E-state index is 5.38. The molecule has 0 aliphatic heterocycles. The number of aryl methyl sites for hydroxylation is 2. The third-order valence-electron chi connectivity index (χ3n) is 3.44. The summed E-state index contributed by atoms with van der Waals surface area (Å²) in [7, 11) is 1.61. The molecule has 1 aromatic heterocycles. The minimum atomic E-state index is 0.278. The van der Waals surface area contributed by atoms with Crippen molar-refractivity contribution in [2.75, 3.05) is 13.9 Å². The van der Waals surface area contributed by atoms with Crippen molar-refractivity contribution < 1.29 is 9.47 Å². The molecule has 0 N–H and O–H groups in total. The second-order valence-corrected chi connectivity index (χ2v) is 4.87. The Hall–Kier alpha value is -2.33. The van der Waals surface area contributed by atoms with Gasteiger partial charge in [0, 0.05) is 13.7 Å². The molecule has 0 radical (unpaired) electrons. The highest BCUT2D eigenvalue weighted by Gasteiger charge is 2.02. The van der Waals surface area contributed by atoms with Gasteiger partial charge in [-0.05, 0) is 36.2 Å². The number of ether oxygens (including phenoxy) is 2. The van der Waals surface area contributed by atoms with Crippen LogP contribution in [0, 0.1) is 0 Å². The normalized spacial score (nSPS) is 10.9. The van der Waals surface area contributed by atoms with Crippen molar-refractivity contribution in [1.82, 2.24) is 9.55 Å². The van der Waals surface area contributed by atoms with Gasteiger partial charge < -0.3 is 14.0 Å². The first kappa shape index (κ1) is 13.6. The van der Waals surface area contributed by atoms with Gasteiger partial charge in [0.05, 0.1) is 17.4 Å². The van der Waals surface area contributed by atoms with E-state index in [0.717, 1.165) is 24.2 Å². The predicted molar refractivity (Wildman–Crippen MR) is 82.4 cm³/mol. The van der Waals surface area contributed by atoms with E-state index in [1.54, 1.807) is 7.11 Å². The van der Waals surface area contributed by atoms with Crippen molar-refractivity contribution in [3.05, 3.63) is 60.4 Å². The molecule has 4 heteroatoms. The van der Waals surface area contributed by atoms with E-state index in [1.165, 1.54) is 11.1 Å². The lowest BCUT2D eigenvalue weighted by molar-refractivity contribution is 0.0511. The number of methoxy groups -OCH3 is 1. The highest BCUT2D eigenvalue weighted by atomic mass is 16.7. The maximum absolute atomic E-state index is 5.38. The molecule has 0 aliphatic carbocycles. The average Bonchev–Trinajstić information content (AvgIpc) is 2.95. The Balaban J connectivity index is 1.64. The van der Waals surface area contributed by atoms with Gasteiger partial charge in [0.25, 0.3) is 0 Å². The Kier molecular flexibility index (Phi) is 4.17. The minimum absolute atomic E-state index is 0.278. The van der Waals surface area contributed by atoms with Crippen molar-refractivity contribution in [1.29, 1.82) is 0 Å². The number of hydrogen-bond acceptors (Lipinski definition) is 3. The van der Waals surface area contributed by atoms with Gasteiger partial charge >= 0.3 is 0 Å². The molecule has 0 atom stereocenters. The topological polar surface area (TPSA) is 36.3 Å². The Bertz CT molecular complexity index is 704. The third-order valence-corrected chi connectivity index (χ3v) is 3.44. The summed E-state index contributed by atoms with van der Waals surface area (Å²) in [6, 6.07) is 16.3. The number of hydrogen-bond donors (Lipinski definition) is 0. The summed E-state index contributed by atoms with van der Waals surface area (Å²) >= 11 is 0. The number of nitrogens with zero attached hydrogens (tertiary/aromatic N) is 2. The third kappa shape index (κ3) is 3.23. The molecule has 0 bridgehead atoms. The molecule has 1 heterocycles. The monoisotopic (exact) mass is 282 g/mol. The molecule has 0 saturated heterocycles. The summed E-state index contributed by atoms with van der Waals surface area (Å²) in [5.41, 5.74) is 3.50. The predicted octanol–water partition coefficient (Wildman–Crippen LogP) is 3.26. The van der Waals surface area contributed by atoms with Crippen LogP contribution in [-0.2, 0) is 17.7 Å². The average molecular weight is 282 g/mol. The zero-order chi connectivity index (χ0) is 14.5. The molecule has 3 aromatic rings. The lowest BCUT2D eigenvalue weighted by Crippen LogP contribution is -2.01. The van der Waals surface area contributed by atoms with Gasteiger partial charge in [0.15, 0.2) is 6.79 Å². The van der Waals surface area contributed by atoms with Crippen LogP contribution in [0.4, 0.5) is 0 Å². The molecule has 0 fully saturated rings. The SMILES string of the molecule is COCOc1ccc(CCn2cnc3ccccc32)cc1. The van der Waals surface area contributed by atoms with E-state index < -0.39 is 0 Å². The van der Waals surface area contributed by atoms with Crippen molar-refractivity contribution in [2.45, 2.75) is 13.0 Å². The maximum Gasteiger partial charge on any atom is 0.188 e. The van der Waals surface area contributed by atoms with Crippen LogP contribution in [0.15, 0.2) is 54.9 Å². The number of fused-ring (bicyclic) bond motifs is 1. The van der Waals surface area contributed by atoms with Gasteiger partial charge in [-0.1, -0.05) is 24.3 Å². The van der Waals surface area contributed by atoms with Crippen molar-refractivity contribution >= 4 is 11.0 Å². The highest BCUT2D eigenvalue weighted by Crippen LogP contribution is 2.15. The number of rotatable bonds is 6. The van der Waals surface area contributed by atoms with E-state index in [0.29, 0.717) is 0 Å². The molecular weight excluding hydrogens is 264 g/mol. The lowest BCUT2D eigenvalue weighted by Gasteiger charge is -2.07. The molecule has 0 aliphatic rings. The molecule has 0 unspecified atom stereocenters. The summed E-state index contributed by atoms with van der Waals surface area (Å²) < 4.78 is 12.4. The second-order valence-electron chi connectivity index (χ2n) is 4.87. The fourth-order valence-corrected chi connectivity index (χ4v) is 2.32. The van der Waals surface area contributed by atoms with Gasteiger partial charge in [-0.2, -0.15) is 0 Å². The zero-order valence-corrected chi connectivity index (χ0v) is 12.0. The summed E-state index contributed by atoms with van der Waals surface area (Å²) in [6.45, 7) is 1.19. The van der Waals surface area contributed by atoms with Crippen LogP contribution in [0.1, 0.15) is 5.56 Å². The first-order valence-corrected chi connectivity index (χ1v) is 6.97. The molecule has 21 heavy (non-hydrogen) atoms. The zero-order valence-electron chi connectivity index (χ0n) is 12.0. The molecule has 0 amide bonds. The number of benzene rings is 2. The van der Waals surface area contributed by atoms with Gasteiger partial charge in [0.1, 0.15) is 5.75 Å². The van der Waals surface area contributed by atoms with Crippen molar-refractivity contribution in [3.8, 4) is 5.75 Å². The number of para-hydroxylation sites is 2. The van der Waals surface area contributed by atoms with E-state index >= 15 is 0 Å². The van der Waals surface area contributed by atoms with Crippen LogP contribution in [0.5, 0.6) is 5.75 Å².